The van der Waals surface area contributed by atoms with Crippen molar-refractivity contribution in [3.05, 3.63) is 70.2 Å². The monoisotopic (exact) mass is 360 g/mol. The van der Waals surface area contributed by atoms with Crippen LogP contribution in [0.1, 0.15) is 22.4 Å². The molecular formula is C21H20N4S. The number of hydrogen-bond donors (Lipinski definition) is 0. The minimum atomic E-state index is 0.840. The number of nitrogens with zero attached hydrogens (tertiary/aromatic N) is 4. The van der Waals surface area contributed by atoms with E-state index in [0.717, 1.165) is 27.8 Å². The van der Waals surface area contributed by atoms with Crippen LogP contribution in [-0.2, 0) is 0 Å². The van der Waals surface area contributed by atoms with Gasteiger partial charge in [-0.3, -0.25) is 0 Å². The summed E-state index contributed by atoms with van der Waals surface area (Å²) in [5.74, 6) is 0. The number of aryl methyl sites for hydroxylation is 3. The van der Waals surface area contributed by atoms with E-state index in [-0.39, 0.29) is 0 Å². The van der Waals surface area contributed by atoms with E-state index in [1.165, 1.54) is 22.3 Å². The van der Waals surface area contributed by atoms with E-state index < -0.39 is 0 Å². The van der Waals surface area contributed by atoms with Gasteiger partial charge in [0.05, 0.1) is 17.1 Å². The molecule has 2 heterocycles. The molecule has 4 rings (SSSR count). The molecule has 0 aliphatic heterocycles. The summed E-state index contributed by atoms with van der Waals surface area (Å²) in [6.07, 6.45) is 0. The number of hydrogen-bond acceptors (Lipinski definition) is 4. The fourth-order valence-corrected chi connectivity index (χ4v) is 3.83. The highest BCUT2D eigenvalue weighted by Crippen LogP contribution is 2.31. The molecule has 0 bridgehead atoms. The third-order valence-corrected chi connectivity index (χ3v) is 5.40. The molecule has 4 aromatic rings. The third kappa shape index (κ3) is 2.95. The van der Waals surface area contributed by atoms with Crippen LogP contribution < -0.4 is 0 Å². The first-order valence-electron chi connectivity index (χ1n) is 8.56. The van der Waals surface area contributed by atoms with Gasteiger partial charge in [-0.2, -0.15) is 0 Å². The zero-order valence-corrected chi connectivity index (χ0v) is 16.1. The second-order valence-corrected chi connectivity index (χ2v) is 7.49. The van der Waals surface area contributed by atoms with Crippen LogP contribution in [0.2, 0.25) is 0 Å². The summed E-state index contributed by atoms with van der Waals surface area (Å²) in [6, 6.07) is 14.7. The molecule has 2 aromatic carbocycles. The van der Waals surface area contributed by atoms with E-state index in [9.17, 15) is 0 Å². The molecule has 0 aliphatic rings. The van der Waals surface area contributed by atoms with Crippen molar-refractivity contribution in [3.63, 3.8) is 0 Å². The van der Waals surface area contributed by atoms with E-state index in [1.54, 1.807) is 11.3 Å². The van der Waals surface area contributed by atoms with E-state index in [2.05, 4.69) is 78.9 Å². The van der Waals surface area contributed by atoms with Crippen LogP contribution in [0.3, 0.4) is 0 Å². The predicted molar refractivity (Wildman–Crippen MR) is 107 cm³/mol. The standard InChI is InChI=1S/C21H20N4S/c1-13-6-9-17(10-7-13)25-16(4)20(23-24-25)21-22-19(12-26-21)18-11-14(2)5-8-15(18)3/h5-12H,1-4H3. The van der Waals surface area contributed by atoms with Crippen molar-refractivity contribution < 1.29 is 0 Å². The second-order valence-electron chi connectivity index (χ2n) is 6.63. The molecule has 0 fully saturated rings. The van der Waals surface area contributed by atoms with Gasteiger partial charge in [0.25, 0.3) is 0 Å². The summed E-state index contributed by atoms with van der Waals surface area (Å²) in [4.78, 5) is 4.84. The van der Waals surface area contributed by atoms with Crippen LogP contribution in [-0.4, -0.2) is 20.0 Å². The second kappa shape index (κ2) is 6.50. The molecule has 4 nitrogen and oxygen atoms in total. The highest BCUT2D eigenvalue weighted by atomic mass is 32.1. The predicted octanol–water partition coefficient (Wildman–Crippen LogP) is 5.29. The maximum Gasteiger partial charge on any atom is 0.146 e. The lowest BCUT2D eigenvalue weighted by Gasteiger charge is -2.04. The number of thiazole rings is 1. The highest BCUT2D eigenvalue weighted by Gasteiger charge is 2.16. The average Bonchev–Trinajstić information content (AvgIpc) is 3.25. The number of rotatable bonds is 3. The molecule has 0 atom stereocenters. The minimum Gasteiger partial charge on any atom is -0.234 e. The van der Waals surface area contributed by atoms with Crippen LogP contribution >= 0.6 is 11.3 Å². The average molecular weight is 360 g/mol. The lowest BCUT2D eigenvalue weighted by atomic mass is 10.0. The van der Waals surface area contributed by atoms with Crippen molar-refractivity contribution in [3.8, 4) is 27.6 Å². The van der Waals surface area contributed by atoms with Crippen molar-refractivity contribution in [2.24, 2.45) is 0 Å². The topological polar surface area (TPSA) is 43.6 Å². The van der Waals surface area contributed by atoms with Crippen LogP contribution in [0.15, 0.2) is 47.8 Å². The first-order chi connectivity index (χ1) is 12.5. The van der Waals surface area contributed by atoms with Gasteiger partial charge in [-0.05, 0) is 51.5 Å². The molecule has 5 heteroatoms. The van der Waals surface area contributed by atoms with Gasteiger partial charge < -0.3 is 0 Å². The largest absolute Gasteiger partial charge is 0.234 e. The molecular weight excluding hydrogens is 340 g/mol. The molecule has 2 aromatic heterocycles. The Labute approximate surface area is 157 Å². The van der Waals surface area contributed by atoms with Gasteiger partial charge in [0.15, 0.2) is 0 Å². The summed E-state index contributed by atoms with van der Waals surface area (Å²) in [6.45, 7) is 8.34. The molecule has 0 amide bonds. The van der Waals surface area contributed by atoms with Gasteiger partial charge in [-0.25, -0.2) is 9.67 Å². The van der Waals surface area contributed by atoms with E-state index >= 15 is 0 Å². The molecule has 0 aliphatic carbocycles. The molecule has 0 unspecified atom stereocenters. The molecule has 26 heavy (non-hydrogen) atoms. The van der Waals surface area contributed by atoms with Crippen LogP contribution in [0.25, 0.3) is 27.6 Å². The van der Waals surface area contributed by atoms with Crippen LogP contribution in [0.4, 0.5) is 0 Å². The van der Waals surface area contributed by atoms with E-state index in [0.29, 0.717) is 0 Å². The molecule has 130 valence electrons. The quantitative estimate of drug-likeness (QED) is 0.498. The van der Waals surface area contributed by atoms with Gasteiger partial charge in [-0.1, -0.05) is 40.6 Å². The Morgan fingerprint density at radius 2 is 1.62 bits per heavy atom. The highest BCUT2D eigenvalue weighted by molar-refractivity contribution is 7.13. The Morgan fingerprint density at radius 3 is 2.38 bits per heavy atom. The van der Waals surface area contributed by atoms with E-state index in [1.807, 2.05) is 11.6 Å². The molecule has 0 spiro atoms. The Kier molecular flexibility index (Phi) is 4.17. The van der Waals surface area contributed by atoms with Gasteiger partial charge in [0.2, 0.25) is 0 Å². The Morgan fingerprint density at radius 1 is 0.885 bits per heavy atom. The Balaban J connectivity index is 1.73. The van der Waals surface area contributed by atoms with E-state index in [4.69, 9.17) is 4.98 Å². The molecule has 0 saturated heterocycles. The van der Waals surface area contributed by atoms with Crippen molar-refractivity contribution in [2.45, 2.75) is 27.7 Å². The summed E-state index contributed by atoms with van der Waals surface area (Å²) < 4.78 is 1.87. The lowest BCUT2D eigenvalue weighted by molar-refractivity contribution is 0.785. The van der Waals surface area contributed by atoms with Crippen molar-refractivity contribution in [1.82, 2.24) is 20.0 Å². The maximum atomic E-state index is 4.84. The first-order valence-corrected chi connectivity index (χ1v) is 9.44. The minimum absolute atomic E-state index is 0.840. The Bertz CT molecular complexity index is 1070. The number of aromatic nitrogens is 4. The SMILES string of the molecule is Cc1ccc(-n2nnc(-c3nc(-c4cc(C)ccc4C)cs3)c2C)cc1. The fourth-order valence-electron chi connectivity index (χ4n) is 2.98. The van der Waals surface area contributed by atoms with Gasteiger partial charge >= 0.3 is 0 Å². The number of benzene rings is 2. The van der Waals surface area contributed by atoms with Gasteiger partial charge in [-0.15, -0.1) is 16.4 Å². The first kappa shape index (κ1) is 16.7. The summed E-state index contributed by atoms with van der Waals surface area (Å²) in [7, 11) is 0. The zero-order chi connectivity index (χ0) is 18.3. The maximum absolute atomic E-state index is 4.84. The van der Waals surface area contributed by atoms with Crippen molar-refractivity contribution in [1.29, 1.82) is 0 Å². The van der Waals surface area contributed by atoms with Crippen molar-refractivity contribution >= 4 is 11.3 Å². The third-order valence-electron chi connectivity index (χ3n) is 4.55. The normalized spacial score (nSPS) is 11.1. The smallest absolute Gasteiger partial charge is 0.146 e. The van der Waals surface area contributed by atoms with Crippen molar-refractivity contribution in [2.75, 3.05) is 0 Å². The zero-order valence-electron chi connectivity index (χ0n) is 15.3. The molecule has 0 N–H and O–H groups in total. The summed E-state index contributed by atoms with van der Waals surface area (Å²) >= 11 is 1.61. The van der Waals surface area contributed by atoms with Crippen LogP contribution in [0, 0.1) is 27.7 Å². The van der Waals surface area contributed by atoms with Gasteiger partial charge in [0, 0.05) is 10.9 Å². The Hall–Kier alpha value is -2.79. The fraction of sp³-hybridized carbons (Fsp3) is 0.190. The molecule has 0 saturated carbocycles. The summed E-state index contributed by atoms with van der Waals surface area (Å²) in [5.41, 5.74) is 8.71. The molecule has 0 radical (unpaired) electrons. The lowest BCUT2D eigenvalue weighted by Crippen LogP contribution is -1.98. The van der Waals surface area contributed by atoms with Crippen LogP contribution in [0.5, 0.6) is 0 Å². The van der Waals surface area contributed by atoms with Gasteiger partial charge in [0.1, 0.15) is 10.7 Å². The summed E-state index contributed by atoms with van der Waals surface area (Å²) in [5, 5.41) is 11.7.